The SMILES string of the molecule is Nc1ccc2ncc(CN3CCCC3)n2c1. The van der Waals surface area contributed by atoms with Gasteiger partial charge in [0.2, 0.25) is 0 Å². The number of hydrogen-bond donors (Lipinski definition) is 1. The van der Waals surface area contributed by atoms with Crippen molar-refractivity contribution in [3.05, 3.63) is 30.2 Å². The lowest BCUT2D eigenvalue weighted by molar-refractivity contribution is 0.326. The summed E-state index contributed by atoms with van der Waals surface area (Å²) in [4.78, 5) is 6.85. The Morgan fingerprint density at radius 3 is 2.88 bits per heavy atom. The van der Waals surface area contributed by atoms with Crippen molar-refractivity contribution in [3.63, 3.8) is 0 Å². The van der Waals surface area contributed by atoms with Gasteiger partial charge in [0.1, 0.15) is 5.65 Å². The van der Waals surface area contributed by atoms with Crippen LogP contribution in [0.15, 0.2) is 24.5 Å². The van der Waals surface area contributed by atoms with Gasteiger partial charge < -0.3 is 10.1 Å². The fourth-order valence-corrected chi connectivity index (χ4v) is 2.33. The molecule has 0 unspecified atom stereocenters. The molecule has 0 radical (unpaired) electrons. The molecule has 0 bridgehead atoms. The van der Waals surface area contributed by atoms with Gasteiger partial charge in [-0.05, 0) is 38.1 Å². The molecule has 16 heavy (non-hydrogen) atoms. The third kappa shape index (κ3) is 1.65. The molecule has 1 fully saturated rings. The molecule has 3 heterocycles. The zero-order valence-electron chi connectivity index (χ0n) is 9.26. The van der Waals surface area contributed by atoms with Gasteiger partial charge in [0.25, 0.3) is 0 Å². The largest absolute Gasteiger partial charge is 0.398 e. The minimum Gasteiger partial charge on any atom is -0.398 e. The predicted molar refractivity (Wildman–Crippen MR) is 64.1 cm³/mol. The van der Waals surface area contributed by atoms with E-state index in [1.807, 2.05) is 24.5 Å². The van der Waals surface area contributed by atoms with E-state index in [-0.39, 0.29) is 0 Å². The summed E-state index contributed by atoms with van der Waals surface area (Å²) in [6.45, 7) is 3.38. The Hall–Kier alpha value is -1.55. The Morgan fingerprint density at radius 2 is 2.06 bits per heavy atom. The molecule has 0 aliphatic carbocycles. The Labute approximate surface area is 94.7 Å². The van der Waals surface area contributed by atoms with Gasteiger partial charge in [0, 0.05) is 18.4 Å². The molecular formula is C12H16N4. The number of fused-ring (bicyclic) bond motifs is 1. The predicted octanol–water partition coefficient (Wildman–Crippen LogP) is 1.51. The van der Waals surface area contributed by atoms with Gasteiger partial charge in [0.15, 0.2) is 0 Å². The number of aromatic nitrogens is 2. The average molecular weight is 216 g/mol. The molecule has 1 aliphatic rings. The maximum absolute atomic E-state index is 5.80. The van der Waals surface area contributed by atoms with Gasteiger partial charge in [-0.3, -0.25) is 4.90 Å². The third-order valence-electron chi connectivity index (χ3n) is 3.19. The molecule has 4 nitrogen and oxygen atoms in total. The molecule has 0 amide bonds. The van der Waals surface area contributed by atoms with Gasteiger partial charge in [-0.15, -0.1) is 0 Å². The number of nitrogen functional groups attached to an aromatic ring is 1. The van der Waals surface area contributed by atoms with Crippen LogP contribution in [0.5, 0.6) is 0 Å². The maximum atomic E-state index is 5.80. The van der Waals surface area contributed by atoms with Crippen molar-refractivity contribution in [2.45, 2.75) is 19.4 Å². The molecule has 0 atom stereocenters. The highest BCUT2D eigenvalue weighted by Gasteiger charge is 2.13. The molecule has 1 saturated heterocycles. The van der Waals surface area contributed by atoms with Crippen LogP contribution in [0, 0.1) is 0 Å². The zero-order valence-corrected chi connectivity index (χ0v) is 9.26. The van der Waals surface area contributed by atoms with Crippen molar-refractivity contribution in [2.75, 3.05) is 18.8 Å². The first-order valence-corrected chi connectivity index (χ1v) is 5.77. The van der Waals surface area contributed by atoms with E-state index in [1.165, 1.54) is 31.6 Å². The summed E-state index contributed by atoms with van der Waals surface area (Å²) in [6, 6.07) is 3.85. The minimum absolute atomic E-state index is 0.785. The normalized spacial score (nSPS) is 17.2. The molecule has 0 spiro atoms. The van der Waals surface area contributed by atoms with Crippen LogP contribution in [0.3, 0.4) is 0 Å². The summed E-state index contributed by atoms with van der Waals surface area (Å²) in [6.07, 6.45) is 6.54. The number of anilines is 1. The number of pyridine rings is 1. The van der Waals surface area contributed by atoms with Crippen molar-refractivity contribution in [3.8, 4) is 0 Å². The standard InChI is InChI=1S/C12H16N4/c13-10-3-4-12-14-7-11(16(12)8-10)9-15-5-1-2-6-15/h3-4,7-8H,1-2,5-6,9,13H2. The molecule has 0 aromatic carbocycles. The fourth-order valence-electron chi connectivity index (χ4n) is 2.33. The summed E-state index contributed by atoms with van der Waals surface area (Å²) in [5.41, 5.74) is 8.78. The second-order valence-electron chi connectivity index (χ2n) is 4.42. The first kappa shape index (κ1) is 9.66. The Morgan fingerprint density at radius 1 is 1.25 bits per heavy atom. The summed E-state index contributed by atoms with van der Waals surface area (Å²) >= 11 is 0. The number of rotatable bonds is 2. The number of hydrogen-bond acceptors (Lipinski definition) is 3. The van der Waals surface area contributed by atoms with Crippen molar-refractivity contribution in [2.24, 2.45) is 0 Å². The quantitative estimate of drug-likeness (QED) is 0.827. The van der Waals surface area contributed by atoms with Crippen molar-refractivity contribution < 1.29 is 0 Å². The van der Waals surface area contributed by atoms with E-state index in [2.05, 4.69) is 14.3 Å². The van der Waals surface area contributed by atoms with Crippen molar-refractivity contribution >= 4 is 11.3 Å². The molecule has 2 aromatic heterocycles. The van der Waals surface area contributed by atoms with E-state index in [0.717, 1.165) is 17.9 Å². The number of imidazole rings is 1. The second kappa shape index (κ2) is 3.79. The Bertz CT molecular complexity index is 497. The van der Waals surface area contributed by atoms with Crippen molar-refractivity contribution in [1.82, 2.24) is 14.3 Å². The van der Waals surface area contributed by atoms with E-state index in [4.69, 9.17) is 5.73 Å². The van der Waals surface area contributed by atoms with Gasteiger partial charge in [0.05, 0.1) is 11.9 Å². The van der Waals surface area contributed by atoms with Crippen LogP contribution in [-0.4, -0.2) is 27.4 Å². The van der Waals surface area contributed by atoms with Crippen LogP contribution in [0.25, 0.3) is 5.65 Å². The van der Waals surface area contributed by atoms with E-state index in [0.29, 0.717) is 0 Å². The first-order chi connectivity index (χ1) is 7.83. The lowest BCUT2D eigenvalue weighted by atomic mass is 10.4. The lowest BCUT2D eigenvalue weighted by Crippen LogP contribution is -2.19. The zero-order chi connectivity index (χ0) is 11.0. The molecule has 1 aliphatic heterocycles. The van der Waals surface area contributed by atoms with Crippen LogP contribution in [0.4, 0.5) is 5.69 Å². The fraction of sp³-hybridized carbons (Fsp3) is 0.417. The monoisotopic (exact) mass is 216 g/mol. The van der Waals surface area contributed by atoms with Gasteiger partial charge in [-0.2, -0.15) is 0 Å². The first-order valence-electron chi connectivity index (χ1n) is 5.77. The van der Waals surface area contributed by atoms with Crippen molar-refractivity contribution in [1.29, 1.82) is 0 Å². The number of likely N-dealkylation sites (tertiary alicyclic amines) is 1. The van der Waals surface area contributed by atoms with E-state index >= 15 is 0 Å². The minimum atomic E-state index is 0.785. The summed E-state index contributed by atoms with van der Waals surface area (Å²) < 4.78 is 2.09. The highest BCUT2D eigenvalue weighted by molar-refractivity contribution is 5.48. The maximum Gasteiger partial charge on any atom is 0.137 e. The van der Waals surface area contributed by atoms with Gasteiger partial charge in [-0.25, -0.2) is 4.98 Å². The molecule has 2 aromatic rings. The summed E-state index contributed by atoms with van der Waals surface area (Å²) in [7, 11) is 0. The van der Waals surface area contributed by atoms with Gasteiger partial charge >= 0.3 is 0 Å². The van der Waals surface area contributed by atoms with Gasteiger partial charge in [-0.1, -0.05) is 0 Å². The highest BCUT2D eigenvalue weighted by atomic mass is 15.2. The Balaban J connectivity index is 1.93. The second-order valence-corrected chi connectivity index (χ2v) is 4.42. The lowest BCUT2D eigenvalue weighted by Gasteiger charge is -2.13. The van der Waals surface area contributed by atoms with E-state index in [9.17, 15) is 0 Å². The topological polar surface area (TPSA) is 46.6 Å². The smallest absolute Gasteiger partial charge is 0.137 e. The highest BCUT2D eigenvalue weighted by Crippen LogP contribution is 2.15. The van der Waals surface area contributed by atoms with Crippen LogP contribution in [-0.2, 0) is 6.54 Å². The van der Waals surface area contributed by atoms with E-state index in [1.54, 1.807) is 0 Å². The van der Waals surface area contributed by atoms with Crippen LogP contribution in [0.1, 0.15) is 18.5 Å². The molecule has 0 saturated carbocycles. The molecule has 3 rings (SSSR count). The molecule has 2 N–H and O–H groups in total. The summed E-state index contributed by atoms with van der Waals surface area (Å²) in [5.74, 6) is 0. The number of nitrogens with two attached hydrogens (primary N) is 1. The van der Waals surface area contributed by atoms with Crippen LogP contribution < -0.4 is 5.73 Å². The van der Waals surface area contributed by atoms with E-state index < -0.39 is 0 Å². The average Bonchev–Trinajstić information content (AvgIpc) is 2.90. The van der Waals surface area contributed by atoms with Crippen LogP contribution in [0.2, 0.25) is 0 Å². The molecular weight excluding hydrogens is 200 g/mol. The third-order valence-corrected chi connectivity index (χ3v) is 3.19. The molecule has 84 valence electrons. The number of nitrogens with zero attached hydrogens (tertiary/aromatic N) is 3. The Kier molecular flexibility index (Phi) is 2.29. The summed E-state index contributed by atoms with van der Waals surface area (Å²) in [5, 5.41) is 0. The van der Waals surface area contributed by atoms with Crippen LogP contribution >= 0.6 is 0 Å². The molecule has 4 heteroatoms.